The van der Waals surface area contributed by atoms with Crippen molar-refractivity contribution in [1.29, 1.82) is 0 Å². The van der Waals surface area contributed by atoms with Crippen LogP contribution in [-0.4, -0.2) is 25.1 Å². The third kappa shape index (κ3) is 2.11. The molecule has 0 fully saturated rings. The number of rotatable bonds is 2. The van der Waals surface area contributed by atoms with Crippen molar-refractivity contribution < 1.29 is 19.1 Å². The molecule has 1 aromatic rings. The molecular formula is C13H13NO4. The Morgan fingerprint density at radius 3 is 2.67 bits per heavy atom. The van der Waals surface area contributed by atoms with Crippen molar-refractivity contribution >= 4 is 17.5 Å². The molecular weight excluding hydrogens is 234 g/mol. The summed E-state index contributed by atoms with van der Waals surface area (Å²) < 4.78 is 9.73. The summed E-state index contributed by atoms with van der Waals surface area (Å²) in [5.74, 6) is -0.422. The average Bonchev–Trinajstić information content (AvgIpc) is 2.63. The van der Waals surface area contributed by atoms with Crippen LogP contribution in [-0.2, 0) is 14.3 Å². The Morgan fingerprint density at radius 1 is 1.33 bits per heavy atom. The van der Waals surface area contributed by atoms with E-state index in [1.807, 2.05) is 6.92 Å². The maximum absolute atomic E-state index is 11.7. The second kappa shape index (κ2) is 4.60. The highest BCUT2D eigenvalue weighted by Gasteiger charge is 2.22. The van der Waals surface area contributed by atoms with Crippen molar-refractivity contribution in [2.24, 2.45) is 4.99 Å². The minimum absolute atomic E-state index is 0.250. The quantitative estimate of drug-likeness (QED) is 0.543. The van der Waals surface area contributed by atoms with Gasteiger partial charge in [0, 0.05) is 12.1 Å². The van der Waals surface area contributed by atoms with Crippen LogP contribution in [0.1, 0.15) is 13.8 Å². The Balaban J connectivity index is 2.60. The zero-order valence-electron chi connectivity index (χ0n) is 10.4. The fourth-order valence-corrected chi connectivity index (χ4v) is 1.96. The third-order valence-electron chi connectivity index (χ3n) is 2.68. The number of nitrogens with zero attached hydrogens (tertiary/aromatic N) is 1. The lowest BCUT2D eigenvalue weighted by atomic mass is 10.1. The van der Waals surface area contributed by atoms with E-state index in [2.05, 4.69) is 4.99 Å². The SMILES string of the molecule is COC(=O)C1=c2cc(OC(C)=O)ccc2=N[C@@H]1C. The number of hydrogen-bond donors (Lipinski definition) is 0. The van der Waals surface area contributed by atoms with Gasteiger partial charge in [0.1, 0.15) is 5.75 Å². The number of fused-ring (bicyclic) bond motifs is 1. The molecule has 0 saturated carbocycles. The highest BCUT2D eigenvalue weighted by atomic mass is 16.5. The molecule has 0 bridgehead atoms. The van der Waals surface area contributed by atoms with Crippen LogP contribution in [0.5, 0.6) is 5.75 Å². The van der Waals surface area contributed by atoms with Gasteiger partial charge < -0.3 is 9.47 Å². The van der Waals surface area contributed by atoms with E-state index in [1.165, 1.54) is 14.0 Å². The molecule has 1 aromatic carbocycles. The van der Waals surface area contributed by atoms with Gasteiger partial charge in [-0.05, 0) is 25.1 Å². The summed E-state index contributed by atoms with van der Waals surface area (Å²) in [6.07, 6.45) is 0. The molecule has 0 unspecified atom stereocenters. The van der Waals surface area contributed by atoms with Crippen LogP contribution in [0.25, 0.3) is 5.57 Å². The molecule has 5 nitrogen and oxygen atoms in total. The molecule has 5 heteroatoms. The van der Waals surface area contributed by atoms with E-state index in [1.54, 1.807) is 18.2 Å². The lowest BCUT2D eigenvalue weighted by molar-refractivity contribution is -0.134. The first kappa shape index (κ1) is 12.3. The molecule has 94 valence electrons. The van der Waals surface area contributed by atoms with Crippen LogP contribution in [0.4, 0.5) is 0 Å². The molecule has 0 radical (unpaired) electrons. The van der Waals surface area contributed by atoms with Gasteiger partial charge in [0.2, 0.25) is 0 Å². The Bertz CT molecular complexity index is 633. The van der Waals surface area contributed by atoms with Gasteiger partial charge in [-0.1, -0.05) is 0 Å². The monoisotopic (exact) mass is 247 g/mol. The predicted octanol–water partition coefficient (Wildman–Crippen LogP) is -0.0427. The van der Waals surface area contributed by atoms with Crippen LogP contribution in [0, 0.1) is 0 Å². The minimum atomic E-state index is -0.412. The summed E-state index contributed by atoms with van der Waals surface area (Å²) in [4.78, 5) is 26.9. The second-order valence-electron chi connectivity index (χ2n) is 3.98. The molecule has 0 N–H and O–H groups in total. The molecule has 1 aliphatic heterocycles. The largest absolute Gasteiger partial charge is 0.466 e. The van der Waals surface area contributed by atoms with Gasteiger partial charge in [-0.25, -0.2) is 4.79 Å². The fourth-order valence-electron chi connectivity index (χ4n) is 1.96. The van der Waals surface area contributed by atoms with Crippen molar-refractivity contribution in [3.8, 4) is 5.75 Å². The van der Waals surface area contributed by atoms with Crippen molar-refractivity contribution in [2.75, 3.05) is 7.11 Å². The highest BCUT2D eigenvalue weighted by molar-refractivity contribution is 6.11. The topological polar surface area (TPSA) is 65.0 Å². The first-order valence-corrected chi connectivity index (χ1v) is 5.51. The molecule has 1 aliphatic rings. The Kier molecular flexibility index (Phi) is 3.14. The normalized spacial score (nSPS) is 16.8. The fraction of sp³-hybridized carbons (Fsp3) is 0.308. The zero-order valence-corrected chi connectivity index (χ0v) is 10.4. The van der Waals surface area contributed by atoms with E-state index in [9.17, 15) is 9.59 Å². The smallest absolute Gasteiger partial charge is 0.336 e. The lowest BCUT2D eigenvalue weighted by Gasteiger charge is -2.04. The second-order valence-corrected chi connectivity index (χ2v) is 3.98. The van der Waals surface area contributed by atoms with Crippen LogP contribution in [0.15, 0.2) is 23.2 Å². The molecule has 0 aliphatic carbocycles. The average molecular weight is 247 g/mol. The zero-order chi connectivity index (χ0) is 13.3. The molecule has 2 rings (SSSR count). The predicted molar refractivity (Wildman–Crippen MR) is 63.4 cm³/mol. The van der Waals surface area contributed by atoms with Crippen LogP contribution < -0.4 is 15.3 Å². The number of ether oxygens (including phenoxy) is 2. The third-order valence-corrected chi connectivity index (χ3v) is 2.68. The molecule has 1 heterocycles. The number of methoxy groups -OCH3 is 1. The van der Waals surface area contributed by atoms with Crippen LogP contribution in [0.2, 0.25) is 0 Å². The van der Waals surface area contributed by atoms with E-state index in [0.717, 1.165) is 0 Å². The van der Waals surface area contributed by atoms with Gasteiger partial charge >= 0.3 is 11.9 Å². The van der Waals surface area contributed by atoms with Gasteiger partial charge in [0.15, 0.2) is 0 Å². The summed E-state index contributed by atoms with van der Waals surface area (Å²) in [5.41, 5.74) is 0.488. The van der Waals surface area contributed by atoms with Crippen LogP contribution >= 0.6 is 0 Å². The standard InChI is InChI=1S/C13H13NO4/c1-7-12(13(16)17-3)10-6-9(18-8(2)15)4-5-11(10)14-7/h4-7H,1-3H3/t7-/m1/s1. The summed E-state index contributed by atoms with van der Waals surface area (Å²) in [6.45, 7) is 3.14. The number of esters is 2. The Hall–Kier alpha value is -2.17. The summed E-state index contributed by atoms with van der Waals surface area (Å²) in [6, 6.07) is 4.76. The highest BCUT2D eigenvalue weighted by Crippen LogP contribution is 2.13. The summed E-state index contributed by atoms with van der Waals surface area (Å²) in [5, 5.41) is 1.37. The van der Waals surface area contributed by atoms with E-state index in [0.29, 0.717) is 21.9 Å². The maximum atomic E-state index is 11.7. The van der Waals surface area contributed by atoms with E-state index >= 15 is 0 Å². The molecule has 0 amide bonds. The van der Waals surface area contributed by atoms with Crippen molar-refractivity contribution in [3.05, 3.63) is 28.8 Å². The first-order valence-electron chi connectivity index (χ1n) is 5.51. The van der Waals surface area contributed by atoms with Crippen LogP contribution in [0.3, 0.4) is 0 Å². The summed E-state index contributed by atoms with van der Waals surface area (Å²) in [7, 11) is 1.33. The number of hydrogen-bond acceptors (Lipinski definition) is 5. The van der Waals surface area contributed by atoms with E-state index in [4.69, 9.17) is 9.47 Å². The number of carbonyl (C=O) groups is 2. The van der Waals surface area contributed by atoms with E-state index in [-0.39, 0.29) is 6.04 Å². The lowest BCUT2D eigenvalue weighted by Crippen LogP contribution is -2.26. The van der Waals surface area contributed by atoms with Gasteiger partial charge in [0.05, 0.1) is 24.1 Å². The number of benzene rings is 1. The van der Waals surface area contributed by atoms with Gasteiger partial charge in [0.25, 0.3) is 0 Å². The molecule has 0 aromatic heterocycles. The Morgan fingerprint density at radius 2 is 2.06 bits per heavy atom. The van der Waals surface area contributed by atoms with Gasteiger partial charge in [-0.3, -0.25) is 9.79 Å². The Labute approximate surface area is 104 Å². The summed E-state index contributed by atoms with van der Waals surface area (Å²) >= 11 is 0. The molecule has 0 saturated heterocycles. The molecule has 18 heavy (non-hydrogen) atoms. The van der Waals surface area contributed by atoms with Crippen molar-refractivity contribution in [3.63, 3.8) is 0 Å². The molecule has 0 spiro atoms. The number of carbonyl (C=O) groups excluding carboxylic acids is 2. The maximum Gasteiger partial charge on any atom is 0.336 e. The molecule has 1 atom stereocenters. The van der Waals surface area contributed by atoms with E-state index < -0.39 is 11.9 Å². The minimum Gasteiger partial charge on any atom is -0.466 e. The van der Waals surface area contributed by atoms with Gasteiger partial charge in [-0.15, -0.1) is 0 Å². The van der Waals surface area contributed by atoms with Gasteiger partial charge in [-0.2, -0.15) is 0 Å². The van der Waals surface area contributed by atoms with Crippen molar-refractivity contribution in [1.82, 2.24) is 0 Å². The first-order chi connectivity index (χ1) is 8.52. The van der Waals surface area contributed by atoms with Crippen molar-refractivity contribution in [2.45, 2.75) is 19.9 Å².